The summed E-state index contributed by atoms with van der Waals surface area (Å²) >= 11 is 5.83. The zero-order valence-corrected chi connectivity index (χ0v) is 9.33. The van der Waals surface area contributed by atoms with Crippen molar-refractivity contribution in [3.63, 3.8) is 0 Å². The number of hydrogen-bond donors (Lipinski definition) is 2. The molecule has 0 saturated heterocycles. The minimum atomic E-state index is -1.38. The summed E-state index contributed by atoms with van der Waals surface area (Å²) < 4.78 is 5.45. The number of carbonyl (C=O) groups is 1. The highest BCUT2D eigenvalue weighted by Crippen LogP contribution is 2.36. The normalized spacial score (nSPS) is 24.1. The summed E-state index contributed by atoms with van der Waals surface area (Å²) in [6.07, 6.45) is 0.964. The van der Waals surface area contributed by atoms with Crippen LogP contribution in [-0.4, -0.2) is 17.7 Å². The van der Waals surface area contributed by atoms with Crippen molar-refractivity contribution in [2.45, 2.75) is 18.4 Å². The van der Waals surface area contributed by atoms with Gasteiger partial charge in [0.1, 0.15) is 11.3 Å². The van der Waals surface area contributed by atoms with E-state index < -0.39 is 11.5 Å². The zero-order chi connectivity index (χ0) is 11.8. The first-order valence-corrected chi connectivity index (χ1v) is 5.37. The van der Waals surface area contributed by atoms with Crippen LogP contribution >= 0.6 is 11.6 Å². The lowest BCUT2D eigenvalue weighted by atomic mass is 9.86. The van der Waals surface area contributed by atoms with Gasteiger partial charge in [0, 0.05) is 10.6 Å². The van der Waals surface area contributed by atoms with E-state index in [4.69, 9.17) is 22.1 Å². The first kappa shape index (κ1) is 11.2. The monoisotopic (exact) mass is 241 g/mol. The Morgan fingerprint density at radius 2 is 2.31 bits per heavy atom. The number of ether oxygens (including phenoxy) is 1. The van der Waals surface area contributed by atoms with Crippen LogP contribution in [-0.2, 0) is 10.3 Å². The number of aliphatic carboxylic acids is 1. The van der Waals surface area contributed by atoms with E-state index in [1.165, 1.54) is 0 Å². The number of carboxylic acid groups (broad SMARTS) is 1. The molecule has 1 atom stereocenters. The van der Waals surface area contributed by atoms with Crippen molar-refractivity contribution in [1.82, 2.24) is 0 Å². The summed E-state index contributed by atoms with van der Waals surface area (Å²) in [7, 11) is 0. The van der Waals surface area contributed by atoms with Crippen LogP contribution in [0.4, 0.5) is 0 Å². The first-order chi connectivity index (χ1) is 7.54. The molecule has 0 bridgehead atoms. The number of halogens is 1. The summed E-state index contributed by atoms with van der Waals surface area (Å²) in [6, 6.07) is 4.85. The number of carboxylic acids is 1. The lowest BCUT2D eigenvalue weighted by Crippen LogP contribution is -2.44. The molecule has 1 heterocycles. The molecule has 0 amide bonds. The summed E-state index contributed by atoms with van der Waals surface area (Å²) in [5, 5.41) is 9.73. The van der Waals surface area contributed by atoms with E-state index in [1.54, 1.807) is 18.2 Å². The second-order valence-electron chi connectivity index (χ2n) is 3.87. The number of rotatable bonds is 1. The molecule has 1 aromatic rings. The molecule has 1 aromatic carbocycles. The predicted octanol–water partition coefficient (Wildman–Crippen LogP) is 1.75. The van der Waals surface area contributed by atoms with Gasteiger partial charge in [-0.15, -0.1) is 0 Å². The van der Waals surface area contributed by atoms with Crippen molar-refractivity contribution in [3.8, 4) is 5.75 Å². The highest BCUT2D eigenvalue weighted by atomic mass is 35.5. The van der Waals surface area contributed by atoms with Crippen LogP contribution in [0.5, 0.6) is 5.75 Å². The fourth-order valence-electron chi connectivity index (χ4n) is 1.87. The Hall–Kier alpha value is -1.26. The van der Waals surface area contributed by atoms with Crippen LogP contribution in [0.25, 0.3) is 0 Å². The topological polar surface area (TPSA) is 72.6 Å². The van der Waals surface area contributed by atoms with Gasteiger partial charge >= 0.3 is 5.97 Å². The van der Waals surface area contributed by atoms with E-state index >= 15 is 0 Å². The van der Waals surface area contributed by atoms with Crippen molar-refractivity contribution in [1.29, 1.82) is 0 Å². The number of nitrogens with two attached hydrogens (primary N) is 1. The molecule has 16 heavy (non-hydrogen) atoms. The Kier molecular flexibility index (Phi) is 2.78. The zero-order valence-electron chi connectivity index (χ0n) is 8.57. The molecule has 86 valence electrons. The molecule has 4 nitrogen and oxygen atoms in total. The average molecular weight is 242 g/mol. The van der Waals surface area contributed by atoms with Crippen LogP contribution in [0.2, 0.25) is 5.02 Å². The van der Waals surface area contributed by atoms with Crippen molar-refractivity contribution >= 4 is 17.6 Å². The van der Waals surface area contributed by atoms with Crippen LogP contribution in [0.3, 0.4) is 0 Å². The molecule has 0 fully saturated rings. The Bertz CT molecular complexity index is 435. The van der Waals surface area contributed by atoms with Gasteiger partial charge in [-0.25, -0.2) is 4.79 Å². The maximum atomic E-state index is 11.3. The third-order valence-electron chi connectivity index (χ3n) is 2.78. The third-order valence-corrected chi connectivity index (χ3v) is 3.01. The van der Waals surface area contributed by atoms with Crippen LogP contribution < -0.4 is 10.5 Å². The standard InChI is InChI=1S/C11H12ClNO3/c12-7-2-3-8-9(6-7)16-5-1-4-11(8,13)10(14)15/h2-3,6H,1,4-5,13H2,(H,14,15). The fourth-order valence-corrected chi connectivity index (χ4v) is 2.04. The van der Waals surface area contributed by atoms with E-state index in [0.717, 1.165) is 0 Å². The summed E-state index contributed by atoms with van der Waals surface area (Å²) in [4.78, 5) is 11.3. The molecule has 1 aliphatic rings. The Morgan fingerprint density at radius 1 is 1.56 bits per heavy atom. The largest absolute Gasteiger partial charge is 0.493 e. The van der Waals surface area contributed by atoms with Crippen molar-refractivity contribution in [2.75, 3.05) is 6.61 Å². The smallest absolute Gasteiger partial charge is 0.328 e. The van der Waals surface area contributed by atoms with E-state index in [0.29, 0.717) is 35.8 Å². The molecule has 1 unspecified atom stereocenters. The van der Waals surface area contributed by atoms with E-state index in [2.05, 4.69) is 0 Å². The molecule has 1 aliphatic heterocycles. The molecule has 0 saturated carbocycles. The molecular weight excluding hydrogens is 230 g/mol. The van der Waals surface area contributed by atoms with Gasteiger partial charge < -0.3 is 15.6 Å². The van der Waals surface area contributed by atoms with Gasteiger partial charge in [-0.2, -0.15) is 0 Å². The summed E-state index contributed by atoms with van der Waals surface area (Å²) in [5.41, 5.74) is 5.05. The average Bonchev–Trinajstić information content (AvgIpc) is 2.39. The molecule has 3 N–H and O–H groups in total. The SMILES string of the molecule is NC1(C(=O)O)CCCOc2cc(Cl)ccc21. The second kappa shape index (κ2) is 3.96. The molecule has 0 spiro atoms. The number of fused-ring (bicyclic) bond motifs is 1. The molecule has 0 radical (unpaired) electrons. The van der Waals surface area contributed by atoms with Gasteiger partial charge in [-0.3, -0.25) is 0 Å². The predicted molar refractivity (Wildman–Crippen MR) is 59.7 cm³/mol. The second-order valence-corrected chi connectivity index (χ2v) is 4.31. The minimum absolute atomic E-state index is 0.358. The molecule has 0 aromatic heterocycles. The first-order valence-electron chi connectivity index (χ1n) is 4.99. The number of hydrogen-bond acceptors (Lipinski definition) is 3. The lowest BCUT2D eigenvalue weighted by Gasteiger charge is -2.24. The van der Waals surface area contributed by atoms with Crippen molar-refractivity contribution < 1.29 is 14.6 Å². The van der Waals surface area contributed by atoms with Gasteiger partial charge in [0.05, 0.1) is 6.61 Å². The van der Waals surface area contributed by atoms with Crippen molar-refractivity contribution in [2.24, 2.45) is 5.73 Å². The summed E-state index contributed by atoms with van der Waals surface area (Å²) in [5.74, 6) is -0.573. The number of benzene rings is 1. The van der Waals surface area contributed by atoms with E-state index in [-0.39, 0.29) is 0 Å². The molecular formula is C11H12ClNO3. The molecule has 0 aliphatic carbocycles. The van der Waals surface area contributed by atoms with Gasteiger partial charge in [0.15, 0.2) is 0 Å². The van der Waals surface area contributed by atoms with Crippen LogP contribution in [0.1, 0.15) is 18.4 Å². The van der Waals surface area contributed by atoms with Gasteiger partial charge in [-0.1, -0.05) is 17.7 Å². The third kappa shape index (κ3) is 1.74. The highest BCUT2D eigenvalue weighted by molar-refractivity contribution is 6.30. The molecule has 5 heteroatoms. The van der Waals surface area contributed by atoms with Gasteiger partial charge in [0.2, 0.25) is 0 Å². The highest BCUT2D eigenvalue weighted by Gasteiger charge is 2.39. The van der Waals surface area contributed by atoms with Gasteiger partial charge in [0.25, 0.3) is 0 Å². The maximum Gasteiger partial charge on any atom is 0.328 e. The van der Waals surface area contributed by atoms with Crippen LogP contribution in [0, 0.1) is 0 Å². The van der Waals surface area contributed by atoms with Crippen molar-refractivity contribution in [3.05, 3.63) is 28.8 Å². The summed E-state index contributed by atoms with van der Waals surface area (Å²) in [6.45, 7) is 0.458. The van der Waals surface area contributed by atoms with E-state index in [1.807, 2.05) is 0 Å². The van der Waals surface area contributed by atoms with Crippen LogP contribution in [0.15, 0.2) is 18.2 Å². The Balaban J connectivity index is 2.57. The maximum absolute atomic E-state index is 11.3. The van der Waals surface area contributed by atoms with E-state index in [9.17, 15) is 9.90 Å². The fraction of sp³-hybridized carbons (Fsp3) is 0.364. The molecule has 2 rings (SSSR count). The lowest BCUT2D eigenvalue weighted by molar-refractivity contribution is -0.144. The minimum Gasteiger partial charge on any atom is -0.493 e. The Labute approximate surface area is 98.0 Å². The quantitative estimate of drug-likeness (QED) is 0.786. The Morgan fingerprint density at radius 3 is 3.00 bits per heavy atom. The van der Waals surface area contributed by atoms with Gasteiger partial charge in [-0.05, 0) is 25.0 Å².